The fraction of sp³-hybridized carbons (Fsp3) is 0.579. The molecule has 29 heavy (non-hydrogen) atoms. The van der Waals surface area contributed by atoms with Crippen molar-refractivity contribution in [3.63, 3.8) is 0 Å². The second-order valence-electron chi connectivity index (χ2n) is 7.65. The van der Waals surface area contributed by atoms with Crippen LogP contribution in [-0.4, -0.2) is 59.7 Å². The highest BCUT2D eigenvalue weighted by Crippen LogP contribution is 2.31. The zero-order valence-electron chi connectivity index (χ0n) is 16.4. The van der Waals surface area contributed by atoms with E-state index in [1.54, 1.807) is 12.1 Å². The number of carbonyl (C=O) groups is 2. The molecule has 0 aromatic heterocycles. The van der Waals surface area contributed by atoms with Crippen LogP contribution in [0.15, 0.2) is 18.2 Å². The summed E-state index contributed by atoms with van der Waals surface area (Å²) in [4.78, 5) is 23.8. The second-order valence-corrected chi connectivity index (χ2v) is 7.65. The Balaban J connectivity index is 0.00000300. The van der Waals surface area contributed by atoms with Gasteiger partial charge in [0.05, 0.1) is 11.5 Å². The van der Waals surface area contributed by atoms with Crippen LogP contribution < -0.4 is 21.0 Å². The molecule has 9 nitrogen and oxygen atoms in total. The number of hydrogen-bond donors (Lipinski definition) is 5. The van der Waals surface area contributed by atoms with E-state index in [4.69, 9.17) is 10.4 Å². The quantitative estimate of drug-likeness (QED) is 0.380. The minimum absolute atomic E-state index is 0. The Morgan fingerprint density at radius 2 is 1.97 bits per heavy atom. The SMILES string of the molecule is NCCNC1CCC(CC(=O)N[C@H]2Cc3cccc(C(=O)O)c3OB2O)CC1.O. The minimum Gasteiger partial charge on any atom is -0.534 e. The first-order chi connectivity index (χ1) is 13.5. The Kier molecular flexibility index (Phi) is 8.45. The molecule has 1 amide bonds. The number of nitrogens with two attached hydrogens (primary N) is 1. The van der Waals surface area contributed by atoms with E-state index in [0.717, 1.165) is 32.2 Å². The van der Waals surface area contributed by atoms with Crippen LogP contribution >= 0.6 is 0 Å². The molecule has 8 N–H and O–H groups in total. The third kappa shape index (κ3) is 5.92. The van der Waals surface area contributed by atoms with E-state index in [-0.39, 0.29) is 22.7 Å². The largest absolute Gasteiger partial charge is 0.547 e. The molecule has 3 rings (SSSR count). The van der Waals surface area contributed by atoms with Gasteiger partial charge in [-0.15, -0.1) is 0 Å². The van der Waals surface area contributed by atoms with Gasteiger partial charge in [-0.1, -0.05) is 12.1 Å². The lowest BCUT2D eigenvalue weighted by atomic mass is 9.72. The number of aromatic carboxylic acids is 1. The molecule has 0 spiro atoms. The maximum absolute atomic E-state index is 12.5. The number of rotatable bonds is 7. The van der Waals surface area contributed by atoms with Crippen LogP contribution in [0.1, 0.15) is 48.0 Å². The summed E-state index contributed by atoms with van der Waals surface area (Å²) in [6.45, 7) is 1.45. The molecule has 0 saturated heterocycles. The standard InChI is InChI=1S/C19H28BN3O5.H2O/c21-8-9-22-14-6-4-12(5-7-14)10-17(24)23-16-11-13-2-1-3-15(19(25)26)18(13)28-20(16)27;/h1-3,12,14,16,22,27H,4-11,21H2,(H,23,24)(H,25,26);1H2/t12?,14?,16-;/m0./s1. The van der Waals surface area contributed by atoms with E-state index < -0.39 is 19.0 Å². The van der Waals surface area contributed by atoms with Gasteiger partial charge in [0.15, 0.2) is 0 Å². The van der Waals surface area contributed by atoms with Crippen molar-refractivity contribution in [2.24, 2.45) is 11.7 Å². The number of carbonyl (C=O) groups excluding carboxylic acids is 1. The normalized spacial score (nSPS) is 23.4. The highest BCUT2D eigenvalue weighted by Gasteiger charge is 2.38. The molecule has 2 aliphatic rings. The Bertz CT molecular complexity index is 711. The van der Waals surface area contributed by atoms with E-state index in [1.165, 1.54) is 6.07 Å². The number of para-hydroxylation sites is 1. The first-order valence-corrected chi connectivity index (χ1v) is 9.90. The molecule has 1 aromatic rings. The topological polar surface area (TPSA) is 165 Å². The average molecular weight is 407 g/mol. The van der Waals surface area contributed by atoms with Crippen molar-refractivity contribution in [1.82, 2.24) is 10.6 Å². The van der Waals surface area contributed by atoms with Gasteiger partial charge in [0.2, 0.25) is 5.91 Å². The monoisotopic (exact) mass is 407 g/mol. The third-order valence-electron chi connectivity index (χ3n) is 5.59. The van der Waals surface area contributed by atoms with Gasteiger partial charge in [0, 0.05) is 25.6 Å². The summed E-state index contributed by atoms with van der Waals surface area (Å²) in [6, 6.07) is 5.31. The number of benzene rings is 1. The fourth-order valence-electron chi connectivity index (χ4n) is 4.10. The summed E-state index contributed by atoms with van der Waals surface area (Å²) >= 11 is 0. The predicted molar refractivity (Wildman–Crippen MR) is 109 cm³/mol. The van der Waals surface area contributed by atoms with Gasteiger partial charge < -0.3 is 36.6 Å². The summed E-state index contributed by atoms with van der Waals surface area (Å²) in [7, 11) is -1.27. The number of fused-ring (bicyclic) bond motifs is 1. The maximum atomic E-state index is 12.5. The molecule has 0 unspecified atom stereocenters. The number of nitrogens with one attached hydrogen (secondary N) is 2. The van der Waals surface area contributed by atoms with E-state index in [9.17, 15) is 19.7 Å². The smallest absolute Gasteiger partial charge is 0.534 e. The van der Waals surface area contributed by atoms with Gasteiger partial charge in [-0.25, -0.2) is 4.79 Å². The predicted octanol–water partition coefficient (Wildman–Crippen LogP) is -0.503. The number of carboxylic acids is 1. The van der Waals surface area contributed by atoms with E-state index in [0.29, 0.717) is 36.9 Å². The van der Waals surface area contributed by atoms with E-state index >= 15 is 0 Å². The van der Waals surface area contributed by atoms with Crippen LogP contribution in [0.5, 0.6) is 5.75 Å². The lowest BCUT2D eigenvalue weighted by Gasteiger charge is -2.31. The maximum Gasteiger partial charge on any atom is 0.547 e. The Morgan fingerprint density at radius 3 is 2.62 bits per heavy atom. The van der Waals surface area contributed by atoms with Gasteiger partial charge in [-0.05, 0) is 49.7 Å². The number of carboxylic acid groups (broad SMARTS) is 1. The average Bonchev–Trinajstić information content (AvgIpc) is 2.67. The molecule has 1 aliphatic heterocycles. The molecule has 1 fully saturated rings. The molecule has 1 aromatic carbocycles. The van der Waals surface area contributed by atoms with Gasteiger partial charge >= 0.3 is 13.1 Å². The van der Waals surface area contributed by atoms with Crippen molar-refractivity contribution in [3.05, 3.63) is 29.3 Å². The summed E-state index contributed by atoms with van der Waals surface area (Å²) in [5.41, 5.74) is 6.20. The first kappa shape index (κ1) is 23.1. The second kappa shape index (κ2) is 10.6. The van der Waals surface area contributed by atoms with Crippen molar-refractivity contribution in [2.75, 3.05) is 13.1 Å². The Morgan fingerprint density at radius 1 is 1.24 bits per heavy atom. The van der Waals surface area contributed by atoms with Crippen LogP contribution in [0, 0.1) is 5.92 Å². The molecular formula is C19H30BN3O6. The molecule has 0 bridgehead atoms. The summed E-state index contributed by atoms with van der Waals surface area (Å²) in [5.74, 6) is -1.29. The summed E-state index contributed by atoms with van der Waals surface area (Å²) < 4.78 is 5.42. The summed E-state index contributed by atoms with van der Waals surface area (Å²) in [5, 5.41) is 25.8. The lowest BCUT2D eigenvalue weighted by Crippen LogP contribution is -2.53. The van der Waals surface area contributed by atoms with Crippen LogP contribution in [0.4, 0.5) is 0 Å². The number of hydrogen-bond acceptors (Lipinski definition) is 6. The van der Waals surface area contributed by atoms with Crippen LogP contribution in [0.2, 0.25) is 0 Å². The fourth-order valence-corrected chi connectivity index (χ4v) is 4.10. The van der Waals surface area contributed by atoms with E-state index in [2.05, 4.69) is 10.6 Å². The van der Waals surface area contributed by atoms with Gasteiger partial charge in [-0.2, -0.15) is 0 Å². The molecule has 0 radical (unpaired) electrons. The van der Waals surface area contributed by atoms with Crippen LogP contribution in [0.25, 0.3) is 0 Å². The highest BCUT2D eigenvalue weighted by atomic mass is 16.5. The van der Waals surface area contributed by atoms with Gasteiger partial charge in [0.1, 0.15) is 5.75 Å². The molecule has 1 saturated carbocycles. The lowest BCUT2D eigenvalue weighted by molar-refractivity contribution is -0.122. The van der Waals surface area contributed by atoms with Gasteiger partial charge in [0.25, 0.3) is 0 Å². The van der Waals surface area contributed by atoms with Crippen LogP contribution in [0.3, 0.4) is 0 Å². The van der Waals surface area contributed by atoms with Crippen molar-refractivity contribution >= 4 is 19.0 Å². The molecule has 10 heteroatoms. The highest BCUT2D eigenvalue weighted by molar-refractivity contribution is 6.47. The van der Waals surface area contributed by atoms with Crippen molar-refractivity contribution in [3.8, 4) is 5.75 Å². The zero-order valence-corrected chi connectivity index (χ0v) is 16.4. The molecule has 1 heterocycles. The Hall–Kier alpha value is -2.14. The van der Waals surface area contributed by atoms with Crippen molar-refractivity contribution in [2.45, 2.75) is 50.5 Å². The number of amides is 1. The van der Waals surface area contributed by atoms with Gasteiger partial charge in [-0.3, -0.25) is 4.79 Å². The molecule has 1 atom stereocenters. The zero-order chi connectivity index (χ0) is 20.1. The Labute approximate surface area is 170 Å². The molecular weight excluding hydrogens is 377 g/mol. The molecule has 1 aliphatic carbocycles. The third-order valence-corrected chi connectivity index (χ3v) is 5.59. The van der Waals surface area contributed by atoms with Crippen LogP contribution in [-0.2, 0) is 11.2 Å². The summed E-state index contributed by atoms with van der Waals surface area (Å²) in [6.07, 6.45) is 4.82. The van der Waals surface area contributed by atoms with E-state index in [1.807, 2.05) is 0 Å². The van der Waals surface area contributed by atoms with Crippen molar-refractivity contribution < 1.29 is 29.9 Å². The molecule has 160 valence electrons. The first-order valence-electron chi connectivity index (χ1n) is 9.90. The minimum atomic E-state index is -1.27. The van der Waals surface area contributed by atoms with Crippen molar-refractivity contribution in [1.29, 1.82) is 0 Å².